The molecule has 2 aromatic carbocycles. The molecule has 1 heterocycles. The summed E-state index contributed by atoms with van der Waals surface area (Å²) in [5.74, 6) is -0.410. The number of methoxy groups -OCH3 is 1. The van der Waals surface area contributed by atoms with Gasteiger partial charge in [0.05, 0.1) is 12.0 Å². The summed E-state index contributed by atoms with van der Waals surface area (Å²) in [5.41, 5.74) is 1.17. The van der Waals surface area contributed by atoms with Gasteiger partial charge in [0.25, 0.3) is 0 Å². The van der Waals surface area contributed by atoms with E-state index in [1.165, 1.54) is 12.0 Å². The Kier molecular flexibility index (Phi) is 6.99. The molecule has 1 aromatic heterocycles. The summed E-state index contributed by atoms with van der Waals surface area (Å²) in [4.78, 5) is 33.4. The molecule has 0 saturated carbocycles. The van der Waals surface area contributed by atoms with E-state index in [0.717, 1.165) is 11.8 Å². The number of hydrogen-bond acceptors (Lipinski definition) is 8. The van der Waals surface area contributed by atoms with Crippen molar-refractivity contribution in [3.8, 4) is 0 Å². The van der Waals surface area contributed by atoms with Gasteiger partial charge in [0.2, 0.25) is 11.8 Å². The first-order chi connectivity index (χ1) is 14.9. The number of rotatable bonds is 8. The molecule has 9 nitrogen and oxygen atoms in total. The predicted octanol–water partition coefficient (Wildman–Crippen LogP) is 4.35. The van der Waals surface area contributed by atoms with Crippen LogP contribution in [0.2, 0.25) is 5.02 Å². The summed E-state index contributed by atoms with van der Waals surface area (Å²) in [6.45, 7) is 1.81. The van der Waals surface area contributed by atoms with Crippen LogP contribution < -0.4 is 10.2 Å². The molecule has 10 heteroatoms. The van der Waals surface area contributed by atoms with Gasteiger partial charge in [-0.1, -0.05) is 41.9 Å². The van der Waals surface area contributed by atoms with Crippen molar-refractivity contribution >= 4 is 40.7 Å². The molecule has 0 fully saturated rings. The molecular formula is C21H20ClN5O4. The van der Waals surface area contributed by atoms with Gasteiger partial charge < -0.3 is 15.0 Å². The topological polar surface area (TPSA) is 110 Å². The van der Waals surface area contributed by atoms with Crippen LogP contribution in [0, 0.1) is 10.1 Å². The highest BCUT2D eigenvalue weighted by Crippen LogP contribution is 2.30. The van der Waals surface area contributed by atoms with Crippen LogP contribution in [0.25, 0.3) is 0 Å². The lowest BCUT2D eigenvalue weighted by Crippen LogP contribution is -2.40. The Bertz CT molecular complexity index is 1060. The number of nitrogens with one attached hydrogen (secondary N) is 1. The number of anilines is 3. The van der Waals surface area contributed by atoms with Crippen molar-refractivity contribution in [2.45, 2.75) is 19.5 Å². The van der Waals surface area contributed by atoms with E-state index in [4.69, 9.17) is 16.3 Å². The first-order valence-electron chi connectivity index (χ1n) is 9.31. The molecule has 0 radical (unpaired) electrons. The van der Waals surface area contributed by atoms with Gasteiger partial charge in [-0.2, -0.15) is 4.98 Å². The minimum atomic E-state index is -0.831. The molecule has 1 atom stereocenters. The van der Waals surface area contributed by atoms with E-state index < -0.39 is 16.9 Å². The maximum absolute atomic E-state index is 12.3. The molecule has 0 spiro atoms. The number of nitrogens with zero attached hydrogens (tertiary/aromatic N) is 4. The molecule has 1 N–H and O–H groups in total. The number of halogens is 1. The van der Waals surface area contributed by atoms with Crippen molar-refractivity contribution in [2.24, 2.45) is 0 Å². The minimum Gasteiger partial charge on any atom is -0.467 e. The van der Waals surface area contributed by atoms with Crippen molar-refractivity contribution < 1.29 is 14.5 Å². The normalized spacial score (nSPS) is 11.5. The number of carbonyl (C=O) groups is 1. The third-order valence-electron chi connectivity index (χ3n) is 4.52. The fourth-order valence-electron chi connectivity index (χ4n) is 2.90. The van der Waals surface area contributed by atoms with Crippen LogP contribution in [0.15, 0.2) is 60.8 Å². The largest absolute Gasteiger partial charge is 0.467 e. The molecule has 0 aliphatic carbocycles. The quantitative estimate of drug-likeness (QED) is 0.312. The van der Waals surface area contributed by atoms with Crippen LogP contribution in [0.1, 0.15) is 12.5 Å². The summed E-state index contributed by atoms with van der Waals surface area (Å²) in [5, 5.41) is 15.3. The monoisotopic (exact) mass is 441 g/mol. The number of hydrogen-bond donors (Lipinski definition) is 1. The summed E-state index contributed by atoms with van der Waals surface area (Å²) < 4.78 is 4.87. The smallest absolute Gasteiger partial charge is 0.329 e. The van der Waals surface area contributed by atoms with Gasteiger partial charge in [0.15, 0.2) is 0 Å². The van der Waals surface area contributed by atoms with Gasteiger partial charge in [-0.3, -0.25) is 10.1 Å². The van der Waals surface area contributed by atoms with Crippen LogP contribution in [-0.4, -0.2) is 34.0 Å². The Morgan fingerprint density at radius 2 is 1.90 bits per heavy atom. The van der Waals surface area contributed by atoms with Crippen LogP contribution in [0.4, 0.5) is 23.1 Å². The van der Waals surface area contributed by atoms with Crippen molar-refractivity contribution in [1.82, 2.24) is 9.97 Å². The average Bonchev–Trinajstić information content (AvgIpc) is 2.78. The van der Waals surface area contributed by atoms with E-state index in [2.05, 4.69) is 15.3 Å². The molecule has 0 saturated heterocycles. The van der Waals surface area contributed by atoms with Crippen LogP contribution >= 0.6 is 11.6 Å². The fraction of sp³-hybridized carbons (Fsp3) is 0.190. The van der Waals surface area contributed by atoms with E-state index in [9.17, 15) is 14.9 Å². The van der Waals surface area contributed by atoms with Gasteiger partial charge >= 0.3 is 11.7 Å². The molecule has 0 aliphatic rings. The molecule has 0 bridgehead atoms. The van der Waals surface area contributed by atoms with E-state index >= 15 is 0 Å². The van der Waals surface area contributed by atoms with Gasteiger partial charge in [-0.25, -0.2) is 9.78 Å². The lowest BCUT2D eigenvalue weighted by molar-refractivity contribution is -0.384. The van der Waals surface area contributed by atoms with Crippen molar-refractivity contribution in [3.63, 3.8) is 0 Å². The van der Waals surface area contributed by atoms with E-state index in [1.54, 1.807) is 31.2 Å². The van der Waals surface area contributed by atoms with Crippen molar-refractivity contribution in [2.75, 3.05) is 17.3 Å². The van der Waals surface area contributed by atoms with Gasteiger partial charge in [-0.05, 0) is 36.8 Å². The number of ether oxygens (including phenoxy) is 1. The maximum Gasteiger partial charge on any atom is 0.329 e. The molecule has 3 aromatic rings. The number of carbonyl (C=O) groups excluding carboxylic acids is 1. The first-order valence-corrected chi connectivity index (χ1v) is 9.69. The molecule has 31 heavy (non-hydrogen) atoms. The third kappa shape index (κ3) is 5.46. The first kappa shape index (κ1) is 22.0. The van der Waals surface area contributed by atoms with Gasteiger partial charge in [0, 0.05) is 17.3 Å². The third-order valence-corrected chi connectivity index (χ3v) is 4.78. The predicted molar refractivity (Wildman–Crippen MR) is 118 cm³/mol. The Morgan fingerprint density at radius 3 is 2.52 bits per heavy atom. The van der Waals surface area contributed by atoms with E-state index in [-0.39, 0.29) is 24.0 Å². The lowest BCUT2D eigenvalue weighted by atomic mass is 10.1. The molecular weight excluding hydrogens is 422 g/mol. The molecule has 3 rings (SSSR count). The van der Waals surface area contributed by atoms with Crippen LogP contribution in [0.5, 0.6) is 0 Å². The number of nitro groups is 1. The van der Waals surface area contributed by atoms with Crippen molar-refractivity contribution in [1.29, 1.82) is 0 Å². The fourth-order valence-corrected chi connectivity index (χ4v) is 3.03. The number of benzene rings is 2. The summed E-state index contributed by atoms with van der Waals surface area (Å²) in [6, 6.07) is 15.3. The number of esters is 1. The van der Waals surface area contributed by atoms with E-state index in [0.29, 0.717) is 10.7 Å². The Labute approximate surface area is 183 Å². The Morgan fingerprint density at radius 1 is 1.23 bits per heavy atom. The summed E-state index contributed by atoms with van der Waals surface area (Å²) >= 11 is 5.91. The van der Waals surface area contributed by atoms with Crippen LogP contribution in [0.3, 0.4) is 0 Å². The lowest BCUT2D eigenvalue weighted by Gasteiger charge is -2.28. The standard InChI is InChI=1S/C21H20ClN5O4/c1-14(20(28)31-2)26(13-15-6-4-3-5-7-15)19-18(27(29)30)12-23-21(25-19)24-17-10-8-16(22)9-11-17/h3-12,14H,13H2,1-2H3,(H,23,24,25). The number of aromatic nitrogens is 2. The molecule has 0 amide bonds. The minimum absolute atomic E-state index is 0.00165. The highest BCUT2D eigenvalue weighted by atomic mass is 35.5. The highest BCUT2D eigenvalue weighted by Gasteiger charge is 2.30. The highest BCUT2D eigenvalue weighted by molar-refractivity contribution is 6.30. The second-order valence-corrected chi connectivity index (χ2v) is 7.04. The molecule has 1 unspecified atom stereocenters. The zero-order chi connectivity index (χ0) is 22.4. The molecule has 0 aliphatic heterocycles. The summed E-state index contributed by atoms with van der Waals surface area (Å²) in [7, 11) is 1.27. The van der Waals surface area contributed by atoms with Crippen LogP contribution in [-0.2, 0) is 16.1 Å². The van der Waals surface area contributed by atoms with E-state index in [1.807, 2.05) is 30.3 Å². The summed E-state index contributed by atoms with van der Waals surface area (Å²) in [6.07, 6.45) is 1.11. The molecule has 160 valence electrons. The van der Waals surface area contributed by atoms with Crippen molar-refractivity contribution in [3.05, 3.63) is 81.5 Å². The zero-order valence-electron chi connectivity index (χ0n) is 16.9. The average molecular weight is 442 g/mol. The Balaban J connectivity index is 2.04. The SMILES string of the molecule is COC(=O)C(C)N(Cc1ccccc1)c1nc(Nc2ccc(Cl)cc2)ncc1[N+](=O)[O-]. The Hall–Kier alpha value is -3.72. The zero-order valence-corrected chi connectivity index (χ0v) is 17.6. The second kappa shape index (κ2) is 9.86. The second-order valence-electron chi connectivity index (χ2n) is 6.60. The van der Waals surface area contributed by atoms with Gasteiger partial charge in [-0.15, -0.1) is 0 Å². The maximum atomic E-state index is 12.3. The van der Waals surface area contributed by atoms with Gasteiger partial charge in [0.1, 0.15) is 12.2 Å².